The third kappa shape index (κ3) is 2.19. The summed E-state index contributed by atoms with van der Waals surface area (Å²) in [5.41, 5.74) is 6.21. The fraction of sp³-hybridized carbons (Fsp3) is 0.333. The lowest BCUT2D eigenvalue weighted by Gasteiger charge is -2.11. The van der Waals surface area contributed by atoms with Crippen LogP contribution in [0.2, 0.25) is 5.02 Å². The maximum Gasteiger partial charge on any atom is 0.159 e. The molecule has 0 bridgehead atoms. The number of benzene rings is 1. The van der Waals surface area contributed by atoms with Crippen molar-refractivity contribution < 1.29 is 9.13 Å². The van der Waals surface area contributed by atoms with Crippen LogP contribution in [0.25, 0.3) is 0 Å². The zero-order valence-electron chi connectivity index (χ0n) is 7.61. The number of rotatable bonds is 3. The SMILES string of the molecule is COc1c(CCN)cc(Cl)c(F)c1Br. The molecule has 0 aliphatic heterocycles. The maximum atomic E-state index is 13.3. The van der Waals surface area contributed by atoms with E-state index in [0.717, 1.165) is 5.56 Å². The van der Waals surface area contributed by atoms with Crippen molar-refractivity contribution in [3.05, 3.63) is 26.9 Å². The Labute approximate surface area is 95.3 Å². The van der Waals surface area contributed by atoms with Gasteiger partial charge < -0.3 is 10.5 Å². The number of halogens is 3. The smallest absolute Gasteiger partial charge is 0.159 e. The first-order valence-corrected chi connectivity index (χ1v) is 5.19. The highest BCUT2D eigenvalue weighted by atomic mass is 79.9. The zero-order chi connectivity index (χ0) is 10.7. The average Bonchev–Trinajstić information content (AvgIpc) is 2.16. The molecule has 0 amide bonds. The molecule has 0 aromatic heterocycles. The molecule has 0 aliphatic carbocycles. The summed E-state index contributed by atoms with van der Waals surface area (Å²) >= 11 is 8.77. The van der Waals surface area contributed by atoms with Crippen molar-refractivity contribution in [1.82, 2.24) is 0 Å². The van der Waals surface area contributed by atoms with Gasteiger partial charge in [-0.05, 0) is 40.5 Å². The molecule has 0 atom stereocenters. The number of nitrogens with two attached hydrogens (primary N) is 1. The second kappa shape index (κ2) is 4.96. The standard InChI is InChI=1S/C9H10BrClFNO/c1-14-9-5(2-3-13)4-6(11)8(12)7(9)10/h4H,2-3,13H2,1H3. The third-order valence-corrected chi connectivity index (χ3v) is 2.80. The van der Waals surface area contributed by atoms with Crippen LogP contribution in [0.15, 0.2) is 10.5 Å². The van der Waals surface area contributed by atoms with Crippen molar-refractivity contribution in [2.75, 3.05) is 13.7 Å². The summed E-state index contributed by atoms with van der Waals surface area (Å²) in [6.07, 6.45) is 0.599. The normalized spacial score (nSPS) is 10.4. The van der Waals surface area contributed by atoms with Crippen molar-refractivity contribution in [3.8, 4) is 5.75 Å². The minimum Gasteiger partial charge on any atom is -0.495 e. The molecule has 1 rings (SSSR count). The van der Waals surface area contributed by atoms with Crippen molar-refractivity contribution in [3.63, 3.8) is 0 Å². The molecule has 0 radical (unpaired) electrons. The fourth-order valence-electron chi connectivity index (χ4n) is 1.19. The monoisotopic (exact) mass is 281 g/mol. The van der Waals surface area contributed by atoms with Crippen LogP contribution in [0.3, 0.4) is 0 Å². The second-order valence-corrected chi connectivity index (χ2v) is 3.92. The topological polar surface area (TPSA) is 35.2 Å². The minimum absolute atomic E-state index is 0.0705. The molecule has 0 unspecified atom stereocenters. The second-order valence-electron chi connectivity index (χ2n) is 2.72. The van der Waals surface area contributed by atoms with E-state index in [1.165, 1.54) is 13.2 Å². The lowest BCUT2D eigenvalue weighted by molar-refractivity contribution is 0.402. The Kier molecular flexibility index (Phi) is 4.16. The summed E-state index contributed by atoms with van der Waals surface area (Å²) in [7, 11) is 1.48. The molecule has 78 valence electrons. The van der Waals surface area contributed by atoms with Gasteiger partial charge in [-0.25, -0.2) is 4.39 Å². The Bertz CT molecular complexity index is 346. The Hall–Kier alpha value is -0.320. The number of hydrogen-bond donors (Lipinski definition) is 1. The molecule has 0 aliphatic rings. The van der Waals surface area contributed by atoms with Crippen molar-refractivity contribution in [1.29, 1.82) is 0 Å². The van der Waals surface area contributed by atoms with Crippen molar-refractivity contribution in [2.45, 2.75) is 6.42 Å². The molecule has 1 aromatic carbocycles. The van der Waals surface area contributed by atoms with Crippen LogP contribution in [0.1, 0.15) is 5.56 Å². The predicted octanol–water partition coefficient (Wildman–Crippen LogP) is 2.75. The van der Waals surface area contributed by atoms with Gasteiger partial charge in [0.25, 0.3) is 0 Å². The van der Waals surface area contributed by atoms with E-state index in [1.807, 2.05) is 0 Å². The molecule has 0 spiro atoms. The first kappa shape index (κ1) is 11.8. The Morgan fingerprint density at radius 3 is 2.79 bits per heavy atom. The van der Waals surface area contributed by atoms with Gasteiger partial charge >= 0.3 is 0 Å². The quantitative estimate of drug-likeness (QED) is 0.865. The lowest BCUT2D eigenvalue weighted by atomic mass is 10.1. The van der Waals surface area contributed by atoms with Crippen LogP contribution in [-0.2, 0) is 6.42 Å². The van der Waals surface area contributed by atoms with Gasteiger partial charge in [0.1, 0.15) is 5.75 Å². The van der Waals surface area contributed by atoms with Crippen LogP contribution in [0.5, 0.6) is 5.75 Å². The molecule has 0 fully saturated rings. The van der Waals surface area contributed by atoms with Crippen LogP contribution in [0, 0.1) is 5.82 Å². The Balaban J connectivity index is 3.28. The van der Waals surface area contributed by atoms with E-state index in [1.54, 1.807) is 0 Å². The highest BCUT2D eigenvalue weighted by Crippen LogP contribution is 2.35. The van der Waals surface area contributed by atoms with E-state index in [-0.39, 0.29) is 9.50 Å². The van der Waals surface area contributed by atoms with E-state index in [9.17, 15) is 4.39 Å². The first-order valence-electron chi connectivity index (χ1n) is 4.02. The summed E-state index contributed by atoms with van der Waals surface area (Å²) in [6.45, 7) is 0.463. The van der Waals surface area contributed by atoms with E-state index < -0.39 is 5.82 Å². The molecular weight excluding hydrogens is 272 g/mol. The molecule has 0 saturated heterocycles. The van der Waals surface area contributed by atoms with E-state index >= 15 is 0 Å². The zero-order valence-corrected chi connectivity index (χ0v) is 9.95. The predicted molar refractivity (Wildman–Crippen MR) is 58.4 cm³/mol. The van der Waals surface area contributed by atoms with E-state index in [4.69, 9.17) is 22.1 Å². The summed E-state index contributed by atoms with van der Waals surface area (Å²) in [5.74, 6) is -0.0540. The molecule has 2 nitrogen and oxygen atoms in total. The van der Waals surface area contributed by atoms with Crippen molar-refractivity contribution in [2.24, 2.45) is 5.73 Å². The Morgan fingerprint density at radius 1 is 1.64 bits per heavy atom. The van der Waals surface area contributed by atoms with Crippen LogP contribution < -0.4 is 10.5 Å². The van der Waals surface area contributed by atoms with Crippen molar-refractivity contribution >= 4 is 27.5 Å². The highest BCUT2D eigenvalue weighted by Gasteiger charge is 2.15. The van der Waals surface area contributed by atoms with Gasteiger partial charge in [-0.1, -0.05) is 11.6 Å². The minimum atomic E-state index is -0.510. The summed E-state index contributed by atoms with van der Waals surface area (Å²) in [6, 6.07) is 1.54. The van der Waals surface area contributed by atoms with Gasteiger partial charge in [-0.3, -0.25) is 0 Å². The molecule has 2 N–H and O–H groups in total. The molecule has 0 saturated carbocycles. The molecular formula is C9H10BrClFNO. The summed E-state index contributed by atoms with van der Waals surface area (Å²) in [5, 5.41) is 0.0705. The molecule has 0 heterocycles. The highest BCUT2D eigenvalue weighted by molar-refractivity contribution is 9.10. The largest absolute Gasteiger partial charge is 0.495 e. The number of methoxy groups -OCH3 is 1. The lowest BCUT2D eigenvalue weighted by Crippen LogP contribution is -2.05. The third-order valence-electron chi connectivity index (χ3n) is 1.81. The average molecular weight is 283 g/mol. The van der Waals surface area contributed by atoms with Gasteiger partial charge in [0.2, 0.25) is 0 Å². The fourth-order valence-corrected chi connectivity index (χ4v) is 2.16. The van der Waals surface area contributed by atoms with Gasteiger partial charge in [0.15, 0.2) is 5.82 Å². The van der Waals surface area contributed by atoms with Crippen LogP contribution in [-0.4, -0.2) is 13.7 Å². The van der Waals surface area contributed by atoms with Crippen LogP contribution >= 0.6 is 27.5 Å². The number of hydrogen-bond acceptors (Lipinski definition) is 2. The first-order chi connectivity index (χ1) is 6.61. The summed E-state index contributed by atoms with van der Waals surface area (Å²) in [4.78, 5) is 0. The maximum absolute atomic E-state index is 13.3. The van der Waals surface area contributed by atoms with Gasteiger partial charge in [-0.15, -0.1) is 0 Å². The van der Waals surface area contributed by atoms with Gasteiger partial charge in [0, 0.05) is 0 Å². The molecule has 1 aromatic rings. The number of ether oxygens (including phenoxy) is 1. The summed E-state index contributed by atoms with van der Waals surface area (Å²) < 4.78 is 18.6. The van der Waals surface area contributed by atoms with Gasteiger partial charge in [-0.2, -0.15) is 0 Å². The molecule has 5 heteroatoms. The van der Waals surface area contributed by atoms with E-state index in [2.05, 4.69) is 15.9 Å². The Morgan fingerprint density at radius 2 is 2.29 bits per heavy atom. The van der Waals surface area contributed by atoms with Crippen LogP contribution in [0.4, 0.5) is 4.39 Å². The molecule has 14 heavy (non-hydrogen) atoms. The van der Waals surface area contributed by atoms with E-state index in [0.29, 0.717) is 18.7 Å². The van der Waals surface area contributed by atoms with Gasteiger partial charge in [0.05, 0.1) is 16.6 Å².